The molecule has 4 heterocycles. The van der Waals surface area contributed by atoms with E-state index in [1.54, 1.807) is 32.0 Å². The summed E-state index contributed by atoms with van der Waals surface area (Å²) in [4.78, 5) is 43.4. The zero-order valence-corrected chi connectivity index (χ0v) is 27.1. The van der Waals surface area contributed by atoms with Gasteiger partial charge in [-0.15, -0.1) is 0 Å². The predicted octanol–water partition coefficient (Wildman–Crippen LogP) is 3.26. The van der Waals surface area contributed by atoms with Gasteiger partial charge in [-0.25, -0.2) is 22.6 Å². The fourth-order valence-corrected chi connectivity index (χ4v) is 9.96. The van der Waals surface area contributed by atoms with Gasteiger partial charge in [-0.05, 0) is 52.0 Å². The minimum atomic E-state index is -5.22. The summed E-state index contributed by atoms with van der Waals surface area (Å²) >= 11 is 0. The van der Waals surface area contributed by atoms with E-state index < -0.39 is 81.1 Å². The van der Waals surface area contributed by atoms with Gasteiger partial charge in [-0.1, -0.05) is 24.3 Å². The standard InChI is InChI=1S/C29H33FN3O11PS/c1-5-40-45(37,41-6-2)29(30,46(38,39)21-14-10-11-16-31-21)18-20-23-24(44-28(3,4)43-23)26(42-20)32-17-15-22(34)33(27(32)36)25(35)19-12-8-7-9-13-19/h7-17,20,23-24,26H,5-6,18H2,1-4H3/t20-,23-,24-,26-,29?/m1/s1. The normalized spacial score (nSPS) is 23.9. The minimum Gasteiger partial charge on any atom is -0.349 e. The van der Waals surface area contributed by atoms with E-state index in [2.05, 4.69) is 4.98 Å². The summed E-state index contributed by atoms with van der Waals surface area (Å²) in [6.45, 7) is 5.15. The fourth-order valence-electron chi connectivity index (χ4n) is 5.48. The molecule has 2 aliphatic rings. The Morgan fingerprint density at radius 1 is 1.02 bits per heavy atom. The SMILES string of the molecule is CCOP(=O)(OCC)C(F)(C[C@H]1O[C@@H](n2ccc(=O)n(C(=O)c3ccccc3)c2=O)[C@@H]2OC(C)(C)O[C@@H]21)S(=O)(=O)c1ccccn1. The first kappa shape index (κ1) is 34.0. The lowest BCUT2D eigenvalue weighted by atomic mass is 10.1. The number of alkyl halides is 1. The average molecular weight is 682 g/mol. The third kappa shape index (κ3) is 5.83. The fraction of sp³-hybridized carbons (Fsp3) is 0.448. The highest BCUT2D eigenvalue weighted by Crippen LogP contribution is 2.67. The number of halogens is 1. The summed E-state index contributed by atoms with van der Waals surface area (Å²) in [5, 5.41) is -0.727. The Morgan fingerprint density at radius 3 is 2.26 bits per heavy atom. The Kier molecular flexibility index (Phi) is 9.36. The summed E-state index contributed by atoms with van der Waals surface area (Å²) in [5.41, 5.74) is -1.95. The van der Waals surface area contributed by atoms with E-state index in [9.17, 15) is 27.4 Å². The first-order chi connectivity index (χ1) is 21.7. The molecule has 0 saturated carbocycles. The molecule has 0 bridgehead atoms. The zero-order valence-electron chi connectivity index (χ0n) is 25.3. The molecule has 0 radical (unpaired) electrons. The van der Waals surface area contributed by atoms with Gasteiger partial charge in [-0.2, -0.15) is 4.57 Å². The van der Waals surface area contributed by atoms with Crippen molar-refractivity contribution in [1.82, 2.24) is 14.1 Å². The lowest BCUT2D eigenvalue weighted by Crippen LogP contribution is -2.46. The molecule has 5 rings (SSSR count). The van der Waals surface area contributed by atoms with Crippen molar-refractivity contribution in [3.63, 3.8) is 0 Å². The number of hydrogen-bond acceptors (Lipinski definition) is 12. The van der Waals surface area contributed by atoms with Crippen LogP contribution in [-0.2, 0) is 37.7 Å². The molecule has 46 heavy (non-hydrogen) atoms. The van der Waals surface area contributed by atoms with Gasteiger partial charge >= 0.3 is 18.0 Å². The zero-order chi connectivity index (χ0) is 33.5. The van der Waals surface area contributed by atoms with Crippen LogP contribution in [0.25, 0.3) is 0 Å². The monoisotopic (exact) mass is 681 g/mol. The molecule has 0 spiro atoms. The van der Waals surface area contributed by atoms with Gasteiger partial charge in [0.2, 0.25) is 9.84 Å². The molecule has 0 aliphatic carbocycles. The van der Waals surface area contributed by atoms with Gasteiger partial charge < -0.3 is 23.3 Å². The highest BCUT2D eigenvalue weighted by Gasteiger charge is 2.67. The lowest BCUT2D eigenvalue weighted by molar-refractivity contribution is -0.199. The molecule has 2 saturated heterocycles. The first-order valence-electron chi connectivity index (χ1n) is 14.4. The summed E-state index contributed by atoms with van der Waals surface area (Å²) in [5.74, 6) is -2.23. The van der Waals surface area contributed by atoms with E-state index in [1.165, 1.54) is 38.1 Å². The molecule has 248 valence electrons. The second-order valence-corrected chi connectivity index (χ2v) is 15.5. The smallest absolute Gasteiger partial charge is 0.349 e. The maximum absolute atomic E-state index is 17.5. The molecule has 2 aliphatic heterocycles. The van der Waals surface area contributed by atoms with Gasteiger partial charge in [0.15, 0.2) is 17.0 Å². The van der Waals surface area contributed by atoms with Crippen molar-refractivity contribution in [3.8, 4) is 0 Å². The molecule has 0 amide bonds. The van der Waals surface area contributed by atoms with Crippen LogP contribution in [0.5, 0.6) is 0 Å². The van der Waals surface area contributed by atoms with Gasteiger partial charge in [0.25, 0.3) is 11.5 Å². The van der Waals surface area contributed by atoms with Crippen LogP contribution >= 0.6 is 7.60 Å². The third-order valence-corrected chi connectivity index (χ3v) is 12.8. The number of aromatic nitrogens is 3. The largest absolute Gasteiger partial charge is 0.383 e. The van der Waals surface area contributed by atoms with Crippen LogP contribution in [0, 0.1) is 0 Å². The summed E-state index contributed by atoms with van der Waals surface area (Å²) in [6.07, 6.45) is -4.31. The van der Waals surface area contributed by atoms with E-state index in [-0.39, 0.29) is 18.8 Å². The molecule has 14 nitrogen and oxygen atoms in total. The molecule has 2 aromatic heterocycles. The van der Waals surface area contributed by atoms with E-state index in [0.717, 1.165) is 29.1 Å². The summed E-state index contributed by atoms with van der Waals surface area (Å²) in [7, 11) is -10.4. The summed E-state index contributed by atoms with van der Waals surface area (Å²) in [6, 6.07) is 12.4. The Balaban J connectivity index is 1.61. The number of sulfone groups is 1. The number of pyridine rings is 1. The molecule has 17 heteroatoms. The van der Waals surface area contributed by atoms with E-state index in [4.69, 9.17) is 23.3 Å². The number of hydrogen-bond donors (Lipinski definition) is 0. The van der Waals surface area contributed by atoms with Crippen LogP contribution in [0.2, 0.25) is 0 Å². The third-order valence-electron chi connectivity index (χ3n) is 7.42. The highest BCUT2D eigenvalue weighted by molar-refractivity contribution is 7.99. The van der Waals surface area contributed by atoms with Gasteiger partial charge in [0, 0.05) is 30.4 Å². The van der Waals surface area contributed by atoms with Crippen molar-refractivity contribution in [2.45, 2.75) is 74.2 Å². The van der Waals surface area contributed by atoms with Crippen LogP contribution in [0.4, 0.5) is 4.39 Å². The van der Waals surface area contributed by atoms with Crippen LogP contribution in [0.3, 0.4) is 0 Å². The van der Waals surface area contributed by atoms with E-state index in [1.807, 2.05) is 0 Å². The van der Waals surface area contributed by atoms with Gasteiger partial charge in [-0.3, -0.25) is 18.7 Å². The van der Waals surface area contributed by atoms with Crippen molar-refractivity contribution >= 4 is 23.3 Å². The van der Waals surface area contributed by atoms with Crippen LogP contribution < -0.4 is 11.2 Å². The quantitative estimate of drug-likeness (QED) is 0.271. The number of nitrogens with zero attached hydrogens (tertiary/aromatic N) is 3. The molecule has 0 N–H and O–H groups in total. The van der Waals surface area contributed by atoms with Crippen LogP contribution in [0.1, 0.15) is 50.7 Å². The number of ether oxygens (including phenoxy) is 3. The average Bonchev–Trinajstić information content (AvgIpc) is 3.50. The van der Waals surface area contributed by atoms with Crippen molar-refractivity contribution < 1.29 is 45.4 Å². The lowest BCUT2D eigenvalue weighted by Gasteiger charge is -2.34. The maximum atomic E-state index is 17.5. The van der Waals surface area contributed by atoms with Crippen molar-refractivity contribution in [3.05, 3.63) is 93.4 Å². The Labute approximate surface area is 263 Å². The molecule has 5 atom stereocenters. The molecule has 1 aromatic carbocycles. The molecular formula is C29H33FN3O11PS. The second-order valence-electron chi connectivity index (χ2n) is 10.9. The topological polar surface area (TPSA) is 171 Å². The van der Waals surface area contributed by atoms with E-state index >= 15 is 4.39 Å². The van der Waals surface area contributed by atoms with Crippen LogP contribution in [-0.4, -0.2) is 70.5 Å². The maximum Gasteiger partial charge on any atom is 0.383 e. The number of benzene rings is 1. The Bertz CT molecular complexity index is 1860. The minimum absolute atomic E-state index is 0.0636. The predicted molar refractivity (Wildman–Crippen MR) is 160 cm³/mol. The molecule has 2 fully saturated rings. The van der Waals surface area contributed by atoms with Gasteiger partial charge in [0.1, 0.15) is 12.2 Å². The number of carbonyl (C=O) groups is 1. The van der Waals surface area contributed by atoms with E-state index in [0.29, 0.717) is 4.57 Å². The van der Waals surface area contributed by atoms with Crippen molar-refractivity contribution in [1.29, 1.82) is 0 Å². The summed E-state index contributed by atoms with van der Waals surface area (Å²) < 4.78 is 85.5. The Hall–Kier alpha value is -3.37. The Morgan fingerprint density at radius 2 is 1.65 bits per heavy atom. The highest BCUT2D eigenvalue weighted by atomic mass is 32.2. The van der Waals surface area contributed by atoms with Crippen molar-refractivity contribution in [2.75, 3.05) is 13.2 Å². The van der Waals surface area contributed by atoms with Gasteiger partial charge in [0.05, 0.1) is 19.3 Å². The van der Waals surface area contributed by atoms with Crippen LogP contribution in [0.15, 0.2) is 81.6 Å². The number of fused-ring (bicyclic) bond motifs is 1. The molecule has 3 aromatic rings. The second kappa shape index (κ2) is 12.7. The number of carbonyl (C=O) groups excluding carboxylic acids is 1. The number of rotatable bonds is 11. The van der Waals surface area contributed by atoms with Crippen molar-refractivity contribution in [2.24, 2.45) is 0 Å². The first-order valence-corrected chi connectivity index (χ1v) is 17.4. The molecule has 1 unspecified atom stereocenters. The molecular weight excluding hydrogens is 648 g/mol.